The van der Waals surface area contributed by atoms with Gasteiger partial charge in [0, 0.05) is 35.1 Å². The Balaban J connectivity index is 2.44. The molecule has 2 aromatic rings. The smallest absolute Gasteiger partial charge is 0.349 e. The average Bonchev–Trinajstić information content (AvgIpc) is 2.77. The van der Waals surface area contributed by atoms with Gasteiger partial charge < -0.3 is 5.32 Å². The molecule has 40 heavy (non-hydrogen) atoms. The van der Waals surface area contributed by atoms with Crippen molar-refractivity contribution in [2.24, 2.45) is 0 Å². The first-order chi connectivity index (χ1) is 18.1. The normalized spacial score (nSPS) is 15.5. The predicted molar refractivity (Wildman–Crippen MR) is 136 cm³/mol. The van der Waals surface area contributed by atoms with Crippen molar-refractivity contribution in [3.8, 4) is 0 Å². The summed E-state index contributed by atoms with van der Waals surface area (Å²) in [5.41, 5.74) is -4.27. The summed E-state index contributed by atoms with van der Waals surface area (Å²) in [6.07, 6.45) is -10.4. The molecule has 0 aliphatic heterocycles. The molecule has 222 valence electrons. The number of rotatable bonds is 9. The summed E-state index contributed by atoms with van der Waals surface area (Å²) in [7, 11) is -2.12. The number of halogens is 12. The van der Waals surface area contributed by atoms with E-state index in [1.54, 1.807) is 0 Å². The van der Waals surface area contributed by atoms with Crippen LogP contribution in [0.1, 0.15) is 46.8 Å². The molecule has 0 heterocycles. The summed E-state index contributed by atoms with van der Waals surface area (Å²) in [6.45, 7) is 1.75. The summed E-state index contributed by atoms with van der Waals surface area (Å²) in [5, 5.41) is 1.09. The summed E-state index contributed by atoms with van der Waals surface area (Å²) < 4.78 is 135. The fourth-order valence-electron chi connectivity index (χ4n) is 3.47. The van der Waals surface area contributed by atoms with Crippen LogP contribution >= 0.6 is 34.8 Å². The first kappa shape index (κ1) is 34.2. The minimum absolute atomic E-state index is 0.0199. The number of benzene rings is 2. The fraction of sp³-hybridized carbons (Fsp3) is 0.375. The Morgan fingerprint density at radius 3 is 2.02 bits per heavy atom. The molecule has 0 bridgehead atoms. The predicted octanol–water partition coefficient (Wildman–Crippen LogP) is 8.84. The lowest BCUT2D eigenvalue weighted by atomic mass is 9.95. The largest absolute Gasteiger partial charge is 0.417 e. The molecule has 0 aliphatic carbocycles. The molecule has 3 unspecified atom stereocenters. The van der Waals surface area contributed by atoms with E-state index in [-0.39, 0.29) is 27.2 Å². The molecule has 1 amide bonds. The van der Waals surface area contributed by atoms with Crippen LogP contribution in [0.4, 0.5) is 39.5 Å². The third kappa shape index (κ3) is 9.56. The standard InChI is InChI=1S/C24H19Cl3F9NO2S/c1-11(9-40(39)10-22(2,29)30)37-21(38)14-4-3-12(5-16(14)24(34,35)36)19(28)8-15(23(31,32)33)13-6-17(25)20(27)18(26)7-13/h3-8,11,15H,9-10H2,1-2H3,(H,37,38)/b19-8-. The van der Waals surface area contributed by atoms with Crippen LogP contribution in [-0.4, -0.2) is 39.8 Å². The molecular formula is C24H19Cl3F9NO2S. The summed E-state index contributed by atoms with van der Waals surface area (Å²) in [5.74, 6) is -10.5. The van der Waals surface area contributed by atoms with Gasteiger partial charge in [0.05, 0.1) is 31.9 Å². The Kier molecular flexibility index (Phi) is 11.1. The molecule has 0 spiro atoms. The van der Waals surface area contributed by atoms with E-state index in [1.807, 2.05) is 0 Å². The van der Waals surface area contributed by atoms with Gasteiger partial charge in [0.2, 0.25) is 0 Å². The number of hydrogen-bond donors (Lipinski definition) is 1. The number of amides is 1. The highest BCUT2D eigenvalue weighted by Crippen LogP contribution is 2.42. The highest BCUT2D eigenvalue weighted by Gasteiger charge is 2.41. The topological polar surface area (TPSA) is 46.2 Å². The number of alkyl halides is 8. The minimum atomic E-state index is -5.25. The zero-order chi connectivity index (χ0) is 30.8. The molecule has 1 N–H and O–H groups in total. The molecule has 0 fully saturated rings. The maximum Gasteiger partial charge on any atom is 0.417 e. The second-order valence-corrected chi connectivity index (χ2v) is 11.5. The Hall–Kier alpha value is -1.96. The van der Waals surface area contributed by atoms with Crippen molar-refractivity contribution in [2.45, 2.75) is 44.1 Å². The number of allylic oxidation sites excluding steroid dienone is 1. The average molecular weight is 663 g/mol. The van der Waals surface area contributed by atoms with Crippen molar-refractivity contribution in [1.82, 2.24) is 5.32 Å². The monoisotopic (exact) mass is 661 g/mol. The van der Waals surface area contributed by atoms with E-state index >= 15 is 0 Å². The van der Waals surface area contributed by atoms with Crippen LogP contribution in [0, 0.1) is 0 Å². The van der Waals surface area contributed by atoms with Gasteiger partial charge in [0.1, 0.15) is 11.7 Å². The first-order valence-electron chi connectivity index (χ1n) is 10.9. The maximum atomic E-state index is 15.0. The van der Waals surface area contributed by atoms with Gasteiger partial charge in [-0.1, -0.05) is 40.9 Å². The van der Waals surface area contributed by atoms with E-state index in [9.17, 15) is 48.5 Å². The van der Waals surface area contributed by atoms with Crippen LogP contribution in [-0.2, 0) is 17.0 Å². The van der Waals surface area contributed by atoms with Crippen LogP contribution in [0.2, 0.25) is 15.1 Å². The molecule has 0 saturated carbocycles. The second-order valence-electron chi connectivity index (χ2n) is 8.79. The summed E-state index contributed by atoms with van der Waals surface area (Å²) in [4.78, 5) is 12.5. The molecule has 2 rings (SSSR count). The van der Waals surface area contributed by atoms with Crippen LogP contribution in [0.25, 0.3) is 5.83 Å². The van der Waals surface area contributed by atoms with Crippen LogP contribution in [0.3, 0.4) is 0 Å². The Morgan fingerprint density at radius 1 is 1.00 bits per heavy atom. The second kappa shape index (κ2) is 12.9. The number of hydrogen-bond acceptors (Lipinski definition) is 2. The molecule has 3 atom stereocenters. The van der Waals surface area contributed by atoms with Gasteiger partial charge in [0.25, 0.3) is 11.8 Å². The number of carbonyl (C=O) groups excluding carboxylic acids is 1. The van der Waals surface area contributed by atoms with Crippen molar-refractivity contribution < 1.29 is 48.5 Å². The third-order valence-electron chi connectivity index (χ3n) is 5.10. The first-order valence-corrected chi connectivity index (χ1v) is 13.6. The molecule has 2 aromatic carbocycles. The van der Waals surface area contributed by atoms with Crippen LogP contribution in [0.5, 0.6) is 0 Å². The van der Waals surface area contributed by atoms with Gasteiger partial charge in [-0.05, 0) is 42.8 Å². The molecule has 0 radical (unpaired) electrons. The van der Waals surface area contributed by atoms with E-state index in [2.05, 4.69) is 5.32 Å². The zero-order valence-electron chi connectivity index (χ0n) is 20.3. The van der Waals surface area contributed by atoms with Crippen LogP contribution in [0.15, 0.2) is 36.4 Å². The quantitative estimate of drug-likeness (QED) is 0.216. The Bertz CT molecular complexity index is 1280. The van der Waals surface area contributed by atoms with Crippen LogP contribution < -0.4 is 5.32 Å². The highest BCUT2D eigenvalue weighted by molar-refractivity contribution is 7.85. The third-order valence-corrected chi connectivity index (χ3v) is 8.00. The highest BCUT2D eigenvalue weighted by atomic mass is 35.5. The summed E-state index contributed by atoms with van der Waals surface area (Å²) >= 11 is 17.3. The van der Waals surface area contributed by atoms with E-state index in [4.69, 9.17) is 34.8 Å². The Morgan fingerprint density at radius 2 is 1.55 bits per heavy atom. The van der Waals surface area contributed by atoms with Crippen molar-refractivity contribution >= 4 is 57.3 Å². The van der Waals surface area contributed by atoms with Gasteiger partial charge in [-0.3, -0.25) is 9.00 Å². The van der Waals surface area contributed by atoms with E-state index < -0.39 is 86.5 Å². The van der Waals surface area contributed by atoms with Gasteiger partial charge in [-0.2, -0.15) is 26.3 Å². The molecular weight excluding hydrogens is 644 g/mol. The fourth-order valence-corrected chi connectivity index (χ4v) is 5.40. The number of nitrogens with one attached hydrogen (secondary N) is 1. The minimum Gasteiger partial charge on any atom is -0.349 e. The van der Waals surface area contributed by atoms with E-state index in [1.165, 1.54) is 6.92 Å². The summed E-state index contributed by atoms with van der Waals surface area (Å²) in [6, 6.07) is 1.81. The maximum absolute atomic E-state index is 15.0. The molecule has 0 aliphatic rings. The molecule has 0 aromatic heterocycles. The van der Waals surface area contributed by atoms with Gasteiger partial charge in [-0.25, -0.2) is 13.2 Å². The van der Waals surface area contributed by atoms with Crippen molar-refractivity contribution in [3.63, 3.8) is 0 Å². The van der Waals surface area contributed by atoms with E-state index in [0.717, 1.165) is 12.1 Å². The van der Waals surface area contributed by atoms with Gasteiger partial charge in [-0.15, -0.1) is 0 Å². The van der Waals surface area contributed by atoms with Gasteiger partial charge >= 0.3 is 12.4 Å². The van der Waals surface area contributed by atoms with Crippen molar-refractivity contribution in [2.75, 3.05) is 11.5 Å². The van der Waals surface area contributed by atoms with Gasteiger partial charge in [0.15, 0.2) is 0 Å². The zero-order valence-corrected chi connectivity index (χ0v) is 23.4. The van der Waals surface area contributed by atoms with Crippen molar-refractivity contribution in [1.29, 1.82) is 0 Å². The number of carbonyl (C=O) groups is 1. The molecule has 0 saturated heterocycles. The molecule has 16 heteroatoms. The molecule has 3 nitrogen and oxygen atoms in total. The lowest BCUT2D eigenvalue weighted by Gasteiger charge is -2.20. The Labute approximate surface area is 240 Å². The van der Waals surface area contributed by atoms with Crippen molar-refractivity contribution in [3.05, 3.63) is 73.7 Å². The SMILES string of the molecule is CC(CS(=O)CC(C)(F)F)NC(=O)c1ccc(/C(F)=C/C(c2cc(Cl)c(Cl)c(Cl)c2)C(F)(F)F)cc1C(F)(F)F. The van der Waals surface area contributed by atoms with E-state index in [0.29, 0.717) is 19.1 Å². The lowest BCUT2D eigenvalue weighted by molar-refractivity contribution is -0.140. The lowest BCUT2D eigenvalue weighted by Crippen LogP contribution is -2.38.